The maximum atomic E-state index is 13.7. The Morgan fingerprint density at radius 2 is 0.919 bits per heavy atom. The fraction of sp³-hybridized carbons (Fsp3) is 0.851. The molecular formula is C47H82N2O13. The molecule has 0 aromatic carbocycles. The van der Waals surface area contributed by atoms with Crippen molar-refractivity contribution in [1.29, 1.82) is 0 Å². The molecule has 1 heterocycles. The zero-order valence-corrected chi connectivity index (χ0v) is 39.4. The van der Waals surface area contributed by atoms with Gasteiger partial charge in [-0.25, -0.2) is 0 Å². The summed E-state index contributed by atoms with van der Waals surface area (Å²) in [4.78, 5) is 88.2. The second-order valence-corrected chi connectivity index (χ2v) is 16.9. The van der Waals surface area contributed by atoms with Crippen LogP contribution in [-0.2, 0) is 62.0 Å². The van der Waals surface area contributed by atoms with Gasteiger partial charge in [0.25, 0.3) is 0 Å². The molecule has 8 atom stereocenters. The average Bonchev–Trinajstić information content (AvgIpc) is 3.18. The summed E-state index contributed by atoms with van der Waals surface area (Å²) in [6, 6.07) is -2.60. The van der Waals surface area contributed by atoms with Crippen LogP contribution in [-0.4, -0.2) is 97.0 Å². The van der Waals surface area contributed by atoms with Crippen LogP contribution in [0.2, 0.25) is 0 Å². The number of rotatable bonds is 34. The molecule has 0 bridgehead atoms. The van der Waals surface area contributed by atoms with Crippen LogP contribution in [0.4, 0.5) is 0 Å². The molecule has 4 unspecified atom stereocenters. The average molecular weight is 883 g/mol. The highest BCUT2D eigenvalue weighted by molar-refractivity contribution is 5.76. The minimum atomic E-state index is -1.30. The molecule has 15 nitrogen and oxygen atoms in total. The number of carbonyl (C=O) groups excluding carboxylic acids is 7. The minimum Gasteiger partial charge on any atom is -0.464 e. The first-order valence-corrected chi connectivity index (χ1v) is 23.6. The fourth-order valence-corrected chi connectivity index (χ4v) is 8.21. The summed E-state index contributed by atoms with van der Waals surface area (Å²) >= 11 is 0. The summed E-state index contributed by atoms with van der Waals surface area (Å²) in [6.07, 6.45) is 16.0. The largest absolute Gasteiger partial charge is 0.464 e. The van der Waals surface area contributed by atoms with Crippen LogP contribution in [0.1, 0.15) is 203 Å². The van der Waals surface area contributed by atoms with E-state index >= 15 is 0 Å². The van der Waals surface area contributed by atoms with Crippen molar-refractivity contribution in [2.75, 3.05) is 6.61 Å². The molecule has 15 heteroatoms. The molecular weight excluding hydrogens is 801 g/mol. The third-order valence-corrected chi connectivity index (χ3v) is 11.1. The molecule has 62 heavy (non-hydrogen) atoms. The molecule has 2 N–H and O–H groups in total. The van der Waals surface area contributed by atoms with Crippen LogP contribution in [0.5, 0.6) is 0 Å². The van der Waals surface area contributed by atoms with E-state index in [9.17, 15) is 33.6 Å². The number of piperidine rings is 1. The first kappa shape index (κ1) is 56.3. The van der Waals surface area contributed by atoms with Crippen molar-refractivity contribution in [2.24, 2.45) is 0 Å². The van der Waals surface area contributed by atoms with E-state index in [1.807, 2.05) is 0 Å². The molecule has 1 fully saturated rings. The Morgan fingerprint density at radius 3 is 1.37 bits per heavy atom. The Balaban J connectivity index is 3.44. The molecule has 1 aliphatic heterocycles. The van der Waals surface area contributed by atoms with Crippen molar-refractivity contribution in [2.45, 2.75) is 252 Å². The van der Waals surface area contributed by atoms with Crippen molar-refractivity contribution in [3.8, 4) is 0 Å². The minimum absolute atomic E-state index is 0.109. The number of esters is 6. The molecule has 0 aromatic rings. The normalized spacial score (nSPS) is 19.9. The lowest BCUT2D eigenvalue weighted by molar-refractivity contribution is -0.200. The molecule has 1 saturated heterocycles. The molecule has 0 saturated carbocycles. The van der Waals surface area contributed by atoms with Gasteiger partial charge in [0.1, 0.15) is 12.7 Å². The van der Waals surface area contributed by atoms with Gasteiger partial charge in [0.05, 0.1) is 12.1 Å². The van der Waals surface area contributed by atoms with Gasteiger partial charge in [-0.05, 0) is 32.1 Å². The maximum Gasteiger partial charge on any atom is 0.303 e. The third kappa shape index (κ3) is 26.0. The predicted octanol–water partition coefficient (Wildman–Crippen LogP) is 8.05. The summed E-state index contributed by atoms with van der Waals surface area (Å²) in [5, 5.41) is 6.38. The highest BCUT2D eigenvalue weighted by atomic mass is 16.6. The molecule has 0 spiro atoms. The van der Waals surface area contributed by atoms with E-state index in [1.54, 1.807) is 0 Å². The topological polar surface area (TPSA) is 199 Å². The van der Waals surface area contributed by atoms with E-state index in [2.05, 4.69) is 24.5 Å². The van der Waals surface area contributed by atoms with E-state index < -0.39 is 84.5 Å². The van der Waals surface area contributed by atoms with Gasteiger partial charge in [0, 0.05) is 54.0 Å². The van der Waals surface area contributed by atoms with Gasteiger partial charge in [-0.1, -0.05) is 123 Å². The Morgan fingerprint density at radius 1 is 0.484 bits per heavy atom. The Kier molecular flexibility index (Phi) is 30.6. The van der Waals surface area contributed by atoms with E-state index in [0.717, 1.165) is 57.8 Å². The molecule has 1 rings (SSSR count). The van der Waals surface area contributed by atoms with Gasteiger partial charge < -0.3 is 39.1 Å². The number of carbonyl (C=O) groups is 7. The lowest BCUT2D eigenvalue weighted by Gasteiger charge is -2.46. The Labute approximate surface area is 371 Å². The van der Waals surface area contributed by atoms with Gasteiger partial charge in [-0.15, -0.1) is 0 Å². The first-order chi connectivity index (χ1) is 29.6. The summed E-state index contributed by atoms with van der Waals surface area (Å²) < 4.78 is 34.1. The van der Waals surface area contributed by atoms with Crippen LogP contribution in [0.3, 0.4) is 0 Å². The van der Waals surface area contributed by atoms with Crippen molar-refractivity contribution in [3.63, 3.8) is 0 Å². The second kappa shape index (κ2) is 33.8. The number of nitrogens with one attached hydrogen (secondary N) is 2. The lowest BCUT2D eigenvalue weighted by atomic mass is 9.85. The summed E-state index contributed by atoms with van der Waals surface area (Å²) in [7, 11) is 0. The van der Waals surface area contributed by atoms with Gasteiger partial charge >= 0.3 is 35.8 Å². The monoisotopic (exact) mass is 883 g/mol. The Bertz CT molecular complexity index is 1330. The molecule has 0 aliphatic carbocycles. The van der Waals surface area contributed by atoms with Crippen molar-refractivity contribution in [3.05, 3.63) is 0 Å². The molecule has 1 aliphatic rings. The number of hydrogen-bond donors (Lipinski definition) is 2. The van der Waals surface area contributed by atoms with Crippen LogP contribution in [0.25, 0.3) is 0 Å². The number of ether oxygens (including phenoxy) is 6. The molecule has 358 valence electrons. The van der Waals surface area contributed by atoms with E-state index in [4.69, 9.17) is 28.4 Å². The van der Waals surface area contributed by atoms with E-state index in [-0.39, 0.29) is 31.8 Å². The Hall–Kier alpha value is -3.75. The zero-order chi connectivity index (χ0) is 46.3. The lowest BCUT2D eigenvalue weighted by Crippen LogP contribution is -2.68. The smallest absolute Gasteiger partial charge is 0.303 e. The standard InChI is InChI=1S/C47H82N2O13/c1-9-11-13-15-17-18-19-20-21-23-24-26-28-42(58-34(4)51)44(59-35(5)52)39(49-43(56)29-27-25-22-16-14-12-10-2)30-31-40-45(60-36(6)53)47(62-38(8)55)46(61-37(7)54)41(48-40)32-57-33(3)50/h39-42,44-48H,9-32H2,1-8H3,(H,49,56)/t39?,40?,41-,42?,44?,45+,46+,47-/m1/s1. The van der Waals surface area contributed by atoms with Gasteiger partial charge in [0.15, 0.2) is 24.4 Å². The second-order valence-electron chi connectivity index (χ2n) is 16.9. The number of amides is 1. The van der Waals surface area contributed by atoms with Crippen LogP contribution in [0, 0.1) is 0 Å². The predicted molar refractivity (Wildman–Crippen MR) is 235 cm³/mol. The number of hydrogen-bond acceptors (Lipinski definition) is 14. The van der Waals surface area contributed by atoms with E-state index in [1.165, 1.54) is 92.9 Å². The molecule has 0 radical (unpaired) electrons. The highest BCUT2D eigenvalue weighted by Crippen LogP contribution is 2.29. The van der Waals surface area contributed by atoms with Crippen LogP contribution in [0.15, 0.2) is 0 Å². The van der Waals surface area contributed by atoms with E-state index in [0.29, 0.717) is 19.3 Å². The zero-order valence-electron chi connectivity index (χ0n) is 39.4. The van der Waals surface area contributed by atoms with Crippen molar-refractivity contribution in [1.82, 2.24) is 10.6 Å². The van der Waals surface area contributed by atoms with Gasteiger partial charge in [0.2, 0.25) is 5.91 Å². The first-order valence-electron chi connectivity index (χ1n) is 23.6. The van der Waals surface area contributed by atoms with Gasteiger partial charge in [-0.3, -0.25) is 33.6 Å². The SMILES string of the molecule is CCCCCCCCCCCCCCC(OC(C)=O)C(OC(C)=O)C(CCC1N[C@H](COC(C)=O)[C@H](OC(C)=O)[C@H](OC(C)=O)[C@H]1OC(C)=O)NC(=O)CCCCCCCCC. The fourth-order valence-electron chi connectivity index (χ4n) is 8.21. The van der Waals surface area contributed by atoms with Crippen LogP contribution < -0.4 is 10.6 Å². The summed E-state index contributed by atoms with van der Waals surface area (Å²) in [6.45, 7) is 11.4. The molecule has 1 amide bonds. The summed E-state index contributed by atoms with van der Waals surface area (Å²) in [5.41, 5.74) is 0. The van der Waals surface area contributed by atoms with Crippen molar-refractivity contribution >= 4 is 41.7 Å². The maximum absolute atomic E-state index is 13.7. The van der Waals surface area contributed by atoms with Crippen LogP contribution >= 0.6 is 0 Å². The molecule has 0 aromatic heterocycles. The van der Waals surface area contributed by atoms with Gasteiger partial charge in [-0.2, -0.15) is 0 Å². The quantitative estimate of drug-likeness (QED) is 0.0357. The van der Waals surface area contributed by atoms with Crippen molar-refractivity contribution < 1.29 is 62.0 Å². The third-order valence-electron chi connectivity index (χ3n) is 11.1. The number of unbranched alkanes of at least 4 members (excludes halogenated alkanes) is 17. The highest BCUT2D eigenvalue weighted by Gasteiger charge is 2.51. The summed E-state index contributed by atoms with van der Waals surface area (Å²) in [5.74, 6) is -4.19.